The summed E-state index contributed by atoms with van der Waals surface area (Å²) < 4.78 is 13.0. The van der Waals surface area contributed by atoms with Crippen molar-refractivity contribution in [1.29, 1.82) is 0 Å². The highest BCUT2D eigenvalue weighted by Crippen LogP contribution is 2.23. The minimum Gasteiger partial charge on any atom is -0.372 e. The van der Waals surface area contributed by atoms with Gasteiger partial charge in [0.1, 0.15) is 5.82 Å². The summed E-state index contributed by atoms with van der Waals surface area (Å²) in [5, 5.41) is 6.79. The average molecular weight is 369 g/mol. The summed E-state index contributed by atoms with van der Waals surface area (Å²) in [7, 11) is 1.78. The molecule has 0 spiro atoms. The lowest BCUT2D eigenvalue weighted by Crippen LogP contribution is -2.39. The molecule has 0 aliphatic carbocycles. The molecule has 1 atom stereocenters. The molecule has 2 aromatic carbocycles. The van der Waals surface area contributed by atoms with Crippen LogP contribution >= 0.6 is 0 Å². The van der Waals surface area contributed by atoms with E-state index >= 15 is 0 Å². The number of benzene rings is 2. The lowest BCUT2D eigenvalue weighted by atomic mass is 10.1. The molecule has 1 aliphatic rings. The van der Waals surface area contributed by atoms with Crippen molar-refractivity contribution < 1.29 is 4.39 Å². The number of guanidine groups is 1. The first-order valence-corrected chi connectivity index (χ1v) is 9.72. The van der Waals surface area contributed by atoms with Gasteiger partial charge in [0, 0.05) is 32.4 Å². The highest BCUT2D eigenvalue weighted by molar-refractivity contribution is 5.80. The fourth-order valence-electron chi connectivity index (χ4n) is 3.43. The Labute approximate surface area is 161 Å². The summed E-state index contributed by atoms with van der Waals surface area (Å²) in [6.45, 7) is 5.19. The van der Waals surface area contributed by atoms with E-state index in [1.165, 1.54) is 36.2 Å². The number of nitrogens with zero attached hydrogens (tertiary/aromatic N) is 2. The highest BCUT2D eigenvalue weighted by atomic mass is 19.1. The van der Waals surface area contributed by atoms with Gasteiger partial charge in [-0.25, -0.2) is 4.39 Å². The van der Waals surface area contributed by atoms with Gasteiger partial charge >= 0.3 is 0 Å². The summed E-state index contributed by atoms with van der Waals surface area (Å²) in [6.07, 6.45) is 3.38. The zero-order chi connectivity index (χ0) is 19.1. The smallest absolute Gasteiger partial charge is 0.191 e. The van der Waals surface area contributed by atoms with E-state index in [-0.39, 0.29) is 11.9 Å². The SMILES string of the molecule is CN=C(NCCc1ccc(F)cc1)NC(C)c1cccc(N2CCCC2)c1. The predicted octanol–water partition coefficient (Wildman–Crippen LogP) is 3.89. The van der Waals surface area contributed by atoms with Crippen molar-refractivity contribution in [2.24, 2.45) is 4.99 Å². The van der Waals surface area contributed by atoms with Crippen LogP contribution in [0.3, 0.4) is 0 Å². The molecule has 5 heteroatoms. The summed E-state index contributed by atoms with van der Waals surface area (Å²) in [5.41, 5.74) is 3.66. The van der Waals surface area contributed by atoms with Gasteiger partial charge in [-0.2, -0.15) is 0 Å². The van der Waals surface area contributed by atoms with Gasteiger partial charge in [-0.05, 0) is 61.6 Å². The van der Waals surface area contributed by atoms with E-state index in [1.807, 2.05) is 12.1 Å². The molecule has 0 aromatic heterocycles. The minimum absolute atomic E-state index is 0.157. The standard InChI is InChI=1S/C22H29FN4/c1-17(19-6-5-7-21(16-19)27-14-3-4-15-27)26-22(24-2)25-13-12-18-8-10-20(23)11-9-18/h5-11,16-17H,3-4,12-15H2,1-2H3,(H2,24,25,26). The van der Waals surface area contributed by atoms with Crippen LogP contribution in [0.1, 0.15) is 36.9 Å². The van der Waals surface area contributed by atoms with Crippen LogP contribution in [-0.4, -0.2) is 32.6 Å². The van der Waals surface area contributed by atoms with Crippen LogP contribution in [0.2, 0.25) is 0 Å². The van der Waals surface area contributed by atoms with Gasteiger partial charge in [0.25, 0.3) is 0 Å². The molecule has 0 saturated carbocycles. The predicted molar refractivity (Wildman–Crippen MR) is 111 cm³/mol. The third-order valence-corrected chi connectivity index (χ3v) is 5.04. The third-order valence-electron chi connectivity index (χ3n) is 5.04. The van der Waals surface area contributed by atoms with Crippen LogP contribution in [0.15, 0.2) is 53.5 Å². The zero-order valence-corrected chi connectivity index (χ0v) is 16.2. The van der Waals surface area contributed by atoms with Crippen LogP contribution < -0.4 is 15.5 Å². The second-order valence-electron chi connectivity index (χ2n) is 7.03. The Morgan fingerprint density at radius 2 is 1.89 bits per heavy atom. The molecule has 144 valence electrons. The molecular weight excluding hydrogens is 339 g/mol. The summed E-state index contributed by atoms with van der Waals surface area (Å²) in [6, 6.07) is 15.5. The van der Waals surface area contributed by atoms with E-state index in [4.69, 9.17) is 0 Å². The number of halogens is 1. The van der Waals surface area contributed by atoms with Crippen molar-refractivity contribution in [3.63, 3.8) is 0 Å². The van der Waals surface area contributed by atoms with Crippen molar-refractivity contribution in [2.75, 3.05) is 31.6 Å². The Bertz CT molecular complexity index is 751. The first kappa shape index (κ1) is 19.2. The van der Waals surface area contributed by atoms with E-state index in [9.17, 15) is 4.39 Å². The molecule has 1 unspecified atom stereocenters. The second-order valence-corrected chi connectivity index (χ2v) is 7.03. The number of hydrogen-bond acceptors (Lipinski definition) is 2. The Kier molecular flexibility index (Phi) is 6.69. The number of hydrogen-bond donors (Lipinski definition) is 2. The van der Waals surface area contributed by atoms with Crippen LogP contribution in [0, 0.1) is 5.82 Å². The van der Waals surface area contributed by atoms with Crippen molar-refractivity contribution in [3.8, 4) is 0 Å². The summed E-state index contributed by atoms with van der Waals surface area (Å²) in [4.78, 5) is 6.77. The number of aliphatic imine (C=N–C) groups is 1. The maximum absolute atomic E-state index is 13.0. The number of rotatable bonds is 6. The maximum Gasteiger partial charge on any atom is 0.191 e. The van der Waals surface area contributed by atoms with Crippen molar-refractivity contribution in [1.82, 2.24) is 10.6 Å². The van der Waals surface area contributed by atoms with Gasteiger partial charge in [-0.15, -0.1) is 0 Å². The first-order valence-electron chi connectivity index (χ1n) is 9.72. The minimum atomic E-state index is -0.200. The molecule has 4 nitrogen and oxygen atoms in total. The molecule has 1 fully saturated rings. The quantitative estimate of drug-likeness (QED) is 0.600. The van der Waals surface area contributed by atoms with Crippen LogP contribution in [0.5, 0.6) is 0 Å². The molecule has 0 bridgehead atoms. The maximum atomic E-state index is 13.0. The number of anilines is 1. The van der Waals surface area contributed by atoms with Gasteiger partial charge in [0.2, 0.25) is 0 Å². The topological polar surface area (TPSA) is 39.7 Å². The van der Waals surface area contributed by atoms with E-state index in [1.54, 1.807) is 7.05 Å². The fraction of sp³-hybridized carbons (Fsp3) is 0.409. The third kappa shape index (κ3) is 5.46. The number of nitrogens with one attached hydrogen (secondary N) is 2. The van der Waals surface area contributed by atoms with Gasteiger partial charge in [0.15, 0.2) is 5.96 Å². The lowest BCUT2D eigenvalue weighted by Gasteiger charge is -2.22. The van der Waals surface area contributed by atoms with Crippen molar-refractivity contribution >= 4 is 11.6 Å². The zero-order valence-electron chi connectivity index (χ0n) is 16.2. The highest BCUT2D eigenvalue weighted by Gasteiger charge is 2.14. The summed E-state index contributed by atoms with van der Waals surface area (Å²) >= 11 is 0. The monoisotopic (exact) mass is 368 g/mol. The Morgan fingerprint density at radius 1 is 1.15 bits per heavy atom. The molecule has 2 aromatic rings. The van der Waals surface area contributed by atoms with E-state index in [2.05, 4.69) is 51.7 Å². The van der Waals surface area contributed by atoms with Gasteiger partial charge in [-0.3, -0.25) is 4.99 Å². The largest absolute Gasteiger partial charge is 0.372 e. The van der Waals surface area contributed by atoms with Crippen LogP contribution in [0.4, 0.5) is 10.1 Å². The molecule has 1 saturated heterocycles. The molecule has 1 aliphatic heterocycles. The normalized spacial score (nSPS) is 15.7. The van der Waals surface area contributed by atoms with Gasteiger partial charge in [-0.1, -0.05) is 24.3 Å². The average Bonchev–Trinajstić information content (AvgIpc) is 3.23. The fourth-order valence-corrected chi connectivity index (χ4v) is 3.43. The molecule has 2 N–H and O–H groups in total. The first-order chi connectivity index (χ1) is 13.2. The lowest BCUT2D eigenvalue weighted by molar-refractivity contribution is 0.626. The molecule has 1 heterocycles. The van der Waals surface area contributed by atoms with E-state index in [0.29, 0.717) is 0 Å². The van der Waals surface area contributed by atoms with Crippen molar-refractivity contribution in [2.45, 2.75) is 32.2 Å². The van der Waals surface area contributed by atoms with Gasteiger partial charge < -0.3 is 15.5 Å². The van der Waals surface area contributed by atoms with Crippen molar-refractivity contribution in [3.05, 3.63) is 65.5 Å². The molecule has 27 heavy (non-hydrogen) atoms. The Hall–Kier alpha value is -2.56. The Balaban J connectivity index is 1.53. The van der Waals surface area contributed by atoms with E-state index < -0.39 is 0 Å². The molecule has 0 radical (unpaired) electrons. The van der Waals surface area contributed by atoms with Gasteiger partial charge in [0.05, 0.1) is 6.04 Å². The van der Waals surface area contributed by atoms with Crippen LogP contribution in [-0.2, 0) is 6.42 Å². The Morgan fingerprint density at radius 3 is 2.59 bits per heavy atom. The van der Waals surface area contributed by atoms with E-state index in [0.717, 1.165) is 37.6 Å². The molecular formula is C22H29FN4. The van der Waals surface area contributed by atoms with Crippen LogP contribution in [0.25, 0.3) is 0 Å². The summed E-state index contributed by atoms with van der Waals surface area (Å²) in [5.74, 6) is 0.574. The molecule has 0 amide bonds. The molecule has 3 rings (SSSR count). The second kappa shape index (κ2) is 9.40.